The second-order valence-electron chi connectivity index (χ2n) is 6.55. The summed E-state index contributed by atoms with van der Waals surface area (Å²) in [6.07, 6.45) is 5.00. The van der Waals surface area contributed by atoms with Gasteiger partial charge in [0.1, 0.15) is 5.82 Å². The lowest BCUT2D eigenvalue weighted by Gasteiger charge is -2.30. The molecule has 0 atom stereocenters. The van der Waals surface area contributed by atoms with Gasteiger partial charge in [-0.05, 0) is 49.4 Å². The van der Waals surface area contributed by atoms with E-state index in [4.69, 9.17) is 0 Å². The number of aromatic nitrogens is 1. The molecule has 24 heavy (non-hydrogen) atoms. The highest BCUT2D eigenvalue weighted by atomic mass is 79.9. The third-order valence-corrected chi connectivity index (χ3v) is 5.90. The summed E-state index contributed by atoms with van der Waals surface area (Å²) in [6.45, 7) is 3.65. The van der Waals surface area contributed by atoms with Crippen molar-refractivity contribution in [3.8, 4) is 0 Å². The highest BCUT2D eigenvalue weighted by Crippen LogP contribution is 2.34. The monoisotopic (exact) mass is 390 g/mol. The van der Waals surface area contributed by atoms with Gasteiger partial charge in [-0.2, -0.15) is 0 Å². The van der Waals surface area contributed by atoms with Crippen molar-refractivity contribution < 1.29 is 9.18 Å². The molecule has 0 radical (unpaired) electrons. The summed E-state index contributed by atoms with van der Waals surface area (Å²) in [5.74, 6) is -0.311. The zero-order chi connectivity index (χ0) is 16.8. The van der Waals surface area contributed by atoms with Crippen LogP contribution < -0.4 is 4.90 Å². The van der Waals surface area contributed by atoms with Crippen LogP contribution in [0.15, 0.2) is 22.7 Å². The zero-order valence-corrected chi connectivity index (χ0v) is 15.3. The molecule has 126 valence electrons. The SMILES string of the molecule is CCc1c(Br)cc(F)cc1N1CCc2c(cc3n2CCCC3)C1=O. The molecule has 0 unspecified atom stereocenters. The minimum absolute atomic E-state index is 0.00495. The van der Waals surface area contributed by atoms with Crippen molar-refractivity contribution in [3.63, 3.8) is 0 Å². The number of rotatable bonds is 2. The fourth-order valence-electron chi connectivity index (χ4n) is 4.04. The molecule has 1 aromatic heterocycles. The summed E-state index contributed by atoms with van der Waals surface area (Å²) >= 11 is 3.44. The minimum atomic E-state index is -0.316. The van der Waals surface area contributed by atoms with Crippen LogP contribution in [0.1, 0.15) is 47.1 Å². The molecule has 3 nitrogen and oxygen atoms in total. The maximum absolute atomic E-state index is 13.9. The van der Waals surface area contributed by atoms with Crippen molar-refractivity contribution in [2.75, 3.05) is 11.4 Å². The van der Waals surface area contributed by atoms with E-state index in [1.54, 1.807) is 4.90 Å². The summed E-state index contributed by atoms with van der Waals surface area (Å²) < 4.78 is 17.0. The van der Waals surface area contributed by atoms with E-state index in [2.05, 4.69) is 26.6 Å². The molecule has 0 aliphatic carbocycles. The quantitative estimate of drug-likeness (QED) is 0.741. The lowest BCUT2D eigenvalue weighted by atomic mass is 10.0. The van der Waals surface area contributed by atoms with E-state index in [-0.39, 0.29) is 11.7 Å². The number of fused-ring (bicyclic) bond motifs is 3. The van der Waals surface area contributed by atoms with Crippen LogP contribution >= 0.6 is 15.9 Å². The maximum atomic E-state index is 13.9. The molecule has 0 spiro atoms. The summed E-state index contributed by atoms with van der Waals surface area (Å²) in [5.41, 5.74) is 4.93. The van der Waals surface area contributed by atoms with Crippen molar-refractivity contribution >= 4 is 27.5 Å². The number of aryl methyl sites for hydroxylation is 1. The number of benzene rings is 1. The number of hydrogen-bond donors (Lipinski definition) is 0. The summed E-state index contributed by atoms with van der Waals surface area (Å²) in [5, 5.41) is 0. The normalized spacial score (nSPS) is 17.0. The molecule has 2 aromatic rings. The molecule has 2 aliphatic rings. The Kier molecular flexibility index (Phi) is 3.99. The maximum Gasteiger partial charge on any atom is 0.260 e. The number of halogens is 2. The first kappa shape index (κ1) is 15.9. The first-order valence-corrected chi connectivity index (χ1v) is 9.40. The molecule has 3 heterocycles. The molecule has 2 aliphatic heterocycles. The Bertz CT molecular complexity index is 827. The Morgan fingerprint density at radius 3 is 2.79 bits per heavy atom. The number of carbonyl (C=O) groups excluding carboxylic acids is 1. The van der Waals surface area contributed by atoms with Gasteiger partial charge in [-0.25, -0.2) is 4.39 Å². The van der Waals surface area contributed by atoms with Gasteiger partial charge in [0.25, 0.3) is 5.91 Å². The smallest absolute Gasteiger partial charge is 0.260 e. The average molecular weight is 391 g/mol. The predicted molar refractivity (Wildman–Crippen MR) is 96.2 cm³/mol. The Morgan fingerprint density at radius 1 is 1.17 bits per heavy atom. The number of anilines is 1. The molecule has 0 saturated heterocycles. The van der Waals surface area contributed by atoms with Gasteiger partial charge in [0, 0.05) is 35.4 Å². The molecule has 4 rings (SSSR count). The van der Waals surface area contributed by atoms with Crippen LogP contribution in [0, 0.1) is 5.82 Å². The molecular weight excluding hydrogens is 371 g/mol. The fraction of sp³-hybridized carbons (Fsp3) is 0.421. The topological polar surface area (TPSA) is 25.2 Å². The van der Waals surface area contributed by atoms with Gasteiger partial charge in [0.05, 0.1) is 11.3 Å². The summed E-state index contributed by atoms with van der Waals surface area (Å²) in [4.78, 5) is 14.9. The van der Waals surface area contributed by atoms with E-state index in [9.17, 15) is 9.18 Å². The fourth-order valence-corrected chi connectivity index (χ4v) is 4.74. The summed E-state index contributed by atoms with van der Waals surface area (Å²) in [6, 6.07) is 5.02. The van der Waals surface area contributed by atoms with Gasteiger partial charge < -0.3 is 9.47 Å². The average Bonchev–Trinajstić information content (AvgIpc) is 2.94. The van der Waals surface area contributed by atoms with Gasteiger partial charge in [-0.15, -0.1) is 0 Å². The second-order valence-corrected chi connectivity index (χ2v) is 7.40. The Labute approximate surface area is 149 Å². The van der Waals surface area contributed by atoms with Crippen LogP contribution in [0.2, 0.25) is 0 Å². The van der Waals surface area contributed by atoms with Gasteiger partial charge in [-0.1, -0.05) is 22.9 Å². The van der Waals surface area contributed by atoms with Gasteiger partial charge in [0.2, 0.25) is 0 Å². The Balaban J connectivity index is 1.78. The van der Waals surface area contributed by atoms with Crippen molar-refractivity contribution in [3.05, 3.63) is 51.0 Å². The number of nitrogens with zero attached hydrogens (tertiary/aromatic N) is 2. The number of carbonyl (C=O) groups is 1. The van der Waals surface area contributed by atoms with Crippen molar-refractivity contribution in [2.24, 2.45) is 0 Å². The third kappa shape index (κ3) is 2.41. The van der Waals surface area contributed by atoms with Crippen LogP contribution in [-0.4, -0.2) is 17.0 Å². The standard InChI is InChI=1S/C19H20BrFN2O/c1-2-14-16(20)9-12(21)10-18(14)23-8-6-17-15(19(23)24)11-13-5-3-4-7-22(13)17/h9-11H,2-8H2,1H3. The molecule has 0 bridgehead atoms. The Hall–Kier alpha value is -1.62. The van der Waals surface area contributed by atoms with Gasteiger partial charge in [0.15, 0.2) is 0 Å². The molecular formula is C19H20BrFN2O. The summed E-state index contributed by atoms with van der Waals surface area (Å²) in [7, 11) is 0. The molecule has 5 heteroatoms. The predicted octanol–water partition coefficient (Wildman–Crippen LogP) is 4.49. The molecule has 0 fully saturated rings. The van der Waals surface area contributed by atoms with E-state index in [0.29, 0.717) is 12.2 Å². The zero-order valence-electron chi connectivity index (χ0n) is 13.7. The van der Waals surface area contributed by atoms with Crippen molar-refractivity contribution in [1.82, 2.24) is 4.57 Å². The van der Waals surface area contributed by atoms with Crippen LogP contribution in [0.4, 0.5) is 10.1 Å². The van der Waals surface area contributed by atoms with Crippen molar-refractivity contribution in [1.29, 1.82) is 0 Å². The van der Waals surface area contributed by atoms with E-state index in [0.717, 1.165) is 41.4 Å². The molecule has 1 aromatic carbocycles. The van der Waals surface area contributed by atoms with E-state index in [1.165, 1.54) is 36.4 Å². The largest absolute Gasteiger partial charge is 0.348 e. The van der Waals surface area contributed by atoms with Crippen LogP contribution in [0.5, 0.6) is 0 Å². The van der Waals surface area contributed by atoms with Gasteiger partial charge in [-0.3, -0.25) is 4.79 Å². The molecule has 1 amide bonds. The van der Waals surface area contributed by atoms with Gasteiger partial charge >= 0.3 is 0 Å². The second kappa shape index (κ2) is 6.03. The molecule has 0 N–H and O–H groups in total. The number of hydrogen-bond acceptors (Lipinski definition) is 1. The lowest BCUT2D eigenvalue weighted by Crippen LogP contribution is -2.38. The highest BCUT2D eigenvalue weighted by Gasteiger charge is 2.32. The lowest BCUT2D eigenvalue weighted by molar-refractivity contribution is 0.0980. The van der Waals surface area contributed by atoms with Crippen LogP contribution in [0.25, 0.3) is 0 Å². The number of amides is 1. The van der Waals surface area contributed by atoms with E-state index < -0.39 is 0 Å². The first-order chi connectivity index (χ1) is 11.6. The van der Waals surface area contributed by atoms with Crippen molar-refractivity contribution in [2.45, 2.75) is 45.6 Å². The minimum Gasteiger partial charge on any atom is -0.348 e. The Morgan fingerprint density at radius 2 is 2.00 bits per heavy atom. The first-order valence-electron chi connectivity index (χ1n) is 8.61. The highest BCUT2D eigenvalue weighted by molar-refractivity contribution is 9.10. The molecule has 0 saturated carbocycles. The van der Waals surface area contributed by atoms with Crippen LogP contribution in [0.3, 0.4) is 0 Å². The van der Waals surface area contributed by atoms with E-state index >= 15 is 0 Å². The van der Waals surface area contributed by atoms with Crippen LogP contribution in [-0.2, 0) is 25.8 Å². The van der Waals surface area contributed by atoms with E-state index in [1.807, 2.05) is 6.92 Å². The third-order valence-electron chi connectivity index (χ3n) is 5.19.